The van der Waals surface area contributed by atoms with Crippen LogP contribution in [0.25, 0.3) is 0 Å². The molecule has 106 valence electrons. The van der Waals surface area contributed by atoms with E-state index < -0.39 is 16.7 Å². The van der Waals surface area contributed by atoms with Crippen LogP contribution in [-0.2, 0) is 16.1 Å². The molecular formula is C12H12BrN3O4. The van der Waals surface area contributed by atoms with Gasteiger partial charge in [0.2, 0.25) is 0 Å². The Kier molecular flexibility index (Phi) is 4.03. The fraction of sp³-hybridized carbons (Fsp3) is 0.333. The van der Waals surface area contributed by atoms with E-state index in [4.69, 9.17) is 0 Å². The highest BCUT2D eigenvalue weighted by atomic mass is 79.9. The molecule has 1 aromatic carbocycles. The number of carbonyl (C=O) groups excluding carboxylic acids is 2. The van der Waals surface area contributed by atoms with Crippen molar-refractivity contribution in [2.24, 2.45) is 0 Å². The van der Waals surface area contributed by atoms with E-state index in [0.29, 0.717) is 23.1 Å². The van der Waals surface area contributed by atoms with Crippen LogP contribution in [0.4, 0.5) is 5.69 Å². The zero-order valence-corrected chi connectivity index (χ0v) is 12.3. The van der Waals surface area contributed by atoms with Crippen molar-refractivity contribution < 1.29 is 14.5 Å². The molecule has 0 atom stereocenters. The lowest BCUT2D eigenvalue weighted by atomic mass is 10.1. The van der Waals surface area contributed by atoms with E-state index in [1.807, 2.05) is 0 Å². The van der Waals surface area contributed by atoms with Gasteiger partial charge >= 0.3 is 11.8 Å². The third-order valence-electron chi connectivity index (χ3n) is 3.14. The second-order valence-electron chi connectivity index (χ2n) is 4.46. The van der Waals surface area contributed by atoms with Crippen molar-refractivity contribution in [3.05, 3.63) is 38.3 Å². The molecule has 1 aliphatic rings. The highest BCUT2D eigenvalue weighted by Gasteiger charge is 2.31. The molecule has 1 aliphatic heterocycles. The number of hydrogen-bond acceptors (Lipinski definition) is 4. The van der Waals surface area contributed by atoms with E-state index in [1.54, 1.807) is 19.2 Å². The molecule has 1 fully saturated rings. The molecule has 8 heteroatoms. The smallest absolute Gasteiger partial charge is 0.312 e. The summed E-state index contributed by atoms with van der Waals surface area (Å²) in [6.45, 7) is 1.04. The van der Waals surface area contributed by atoms with Crippen LogP contribution in [0.15, 0.2) is 22.7 Å². The quantitative estimate of drug-likeness (QED) is 0.469. The summed E-state index contributed by atoms with van der Waals surface area (Å²) in [4.78, 5) is 36.6. The number of benzene rings is 1. The van der Waals surface area contributed by atoms with Crippen LogP contribution in [0, 0.1) is 10.1 Å². The Labute approximate surface area is 123 Å². The van der Waals surface area contributed by atoms with Crippen LogP contribution < -0.4 is 0 Å². The molecule has 0 aromatic heterocycles. The summed E-state index contributed by atoms with van der Waals surface area (Å²) in [5.41, 5.74) is 0.542. The van der Waals surface area contributed by atoms with Gasteiger partial charge in [0.15, 0.2) is 0 Å². The van der Waals surface area contributed by atoms with Crippen LogP contribution in [-0.4, -0.2) is 46.7 Å². The molecule has 2 amide bonds. The molecule has 20 heavy (non-hydrogen) atoms. The largest absolute Gasteiger partial charge is 0.336 e. The zero-order chi connectivity index (χ0) is 14.9. The van der Waals surface area contributed by atoms with Gasteiger partial charge in [-0.3, -0.25) is 19.7 Å². The van der Waals surface area contributed by atoms with E-state index in [1.165, 1.54) is 15.9 Å². The first-order valence-electron chi connectivity index (χ1n) is 5.88. The van der Waals surface area contributed by atoms with Gasteiger partial charge in [0.25, 0.3) is 5.69 Å². The van der Waals surface area contributed by atoms with Crippen molar-refractivity contribution in [2.75, 3.05) is 20.1 Å². The molecule has 1 aromatic rings. The number of likely N-dealkylation sites (N-methyl/N-ethyl adjacent to an activating group) is 1. The molecule has 0 saturated carbocycles. The number of nitro groups is 1. The van der Waals surface area contributed by atoms with Crippen LogP contribution in [0.3, 0.4) is 0 Å². The topological polar surface area (TPSA) is 83.8 Å². The maximum atomic E-state index is 11.9. The SMILES string of the molecule is CN1CCN(Cc2cccc([N+](=O)[O-])c2Br)C(=O)C1=O. The second kappa shape index (κ2) is 5.58. The average Bonchev–Trinajstić information content (AvgIpc) is 2.41. The van der Waals surface area contributed by atoms with E-state index in [0.717, 1.165) is 0 Å². The number of amides is 2. The monoisotopic (exact) mass is 341 g/mol. The highest BCUT2D eigenvalue weighted by molar-refractivity contribution is 9.10. The van der Waals surface area contributed by atoms with E-state index in [2.05, 4.69) is 15.9 Å². The summed E-state index contributed by atoms with van der Waals surface area (Å²) in [6.07, 6.45) is 0. The van der Waals surface area contributed by atoms with Crippen LogP contribution in [0.5, 0.6) is 0 Å². The van der Waals surface area contributed by atoms with Gasteiger partial charge in [0.1, 0.15) is 4.47 Å². The van der Waals surface area contributed by atoms with Crippen LogP contribution >= 0.6 is 15.9 Å². The molecule has 0 bridgehead atoms. The summed E-state index contributed by atoms with van der Waals surface area (Å²) in [5, 5.41) is 10.9. The molecule has 2 rings (SSSR count). The molecule has 0 spiro atoms. The first-order valence-corrected chi connectivity index (χ1v) is 6.67. The average molecular weight is 342 g/mol. The lowest BCUT2D eigenvalue weighted by molar-refractivity contribution is -0.385. The minimum absolute atomic E-state index is 0.0598. The molecule has 0 unspecified atom stereocenters. The summed E-state index contributed by atoms with van der Waals surface area (Å²) in [7, 11) is 1.57. The number of halogens is 1. The van der Waals surface area contributed by atoms with Crippen molar-refractivity contribution >= 4 is 33.4 Å². The molecular weight excluding hydrogens is 330 g/mol. The van der Waals surface area contributed by atoms with Crippen molar-refractivity contribution in [1.82, 2.24) is 9.80 Å². The molecule has 7 nitrogen and oxygen atoms in total. The van der Waals surface area contributed by atoms with Gasteiger partial charge in [-0.15, -0.1) is 0 Å². The summed E-state index contributed by atoms with van der Waals surface area (Å²) < 4.78 is 0.337. The maximum absolute atomic E-state index is 11.9. The fourth-order valence-corrected chi connectivity index (χ4v) is 2.49. The number of carbonyl (C=O) groups is 2. The molecule has 1 heterocycles. The van der Waals surface area contributed by atoms with Gasteiger partial charge in [0, 0.05) is 32.7 Å². The predicted molar refractivity (Wildman–Crippen MR) is 73.9 cm³/mol. The Hall–Kier alpha value is -1.96. The number of rotatable bonds is 3. The Bertz CT molecular complexity index is 590. The third-order valence-corrected chi connectivity index (χ3v) is 4.05. The summed E-state index contributed by atoms with van der Waals surface area (Å²) >= 11 is 3.18. The van der Waals surface area contributed by atoms with Gasteiger partial charge in [0.05, 0.1) is 4.92 Å². The summed E-state index contributed by atoms with van der Waals surface area (Å²) in [5.74, 6) is -1.14. The Morgan fingerprint density at radius 1 is 1.30 bits per heavy atom. The van der Waals surface area contributed by atoms with E-state index in [-0.39, 0.29) is 12.2 Å². The lowest BCUT2D eigenvalue weighted by Gasteiger charge is -2.31. The van der Waals surface area contributed by atoms with Gasteiger partial charge < -0.3 is 9.80 Å². The number of nitrogens with zero attached hydrogens (tertiary/aromatic N) is 3. The minimum Gasteiger partial charge on any atom is -0.336 e. The number of nitro benzene ring substituents is 1. The Balaban J connectivity index is 2.23. The number of piperazine rings is 1. The zero-order valence-electron chi connectivity index (χ0n) is 10.7. The molecule has 0 N–H and O–H groups in total. The Morgan fingerprint density at radius 2 is 2.00 bits per heavy atom. The predicted octanol–water partition coefficient (Wildman–Crippen LogP) is 1.16. The third kappa shape index (κ3) is 2.64. The first-order chi connectivity index (χ1) is 9.41. The Morgan fingerprint density at radius 3 is 2.65 bits per heavy atom. The second-order valence-corrected chi connectivity index (χ2v) is 5.25. The van der Waals surface area contributed by atoms with Crippen molar-refractivity contribution in [3.63, 3.8) is 0 Å². The highest BCUT2D eigenvalue weighted by Crippen LogP contribution is 2.29. The van der Waals surface area contributed by atoms with Gasteiger partial charge in [-0.2, -0.15) is 0 Å². The van der Waals surface area contributed by atoms with Crippen LogP contribution in [0.1, 0.15) is 5.56 Å². The summed E-state index contributed by atoms with van der Waals surface area (Å²) in [6, 6.07) is 4.62. The fourth-order valence-electron chi connectivity index (χ4n) is 1.96. The first kappa shape index (κ1) is 14.4. The van der Waals surface area contributed by atoms with Gasteiger partial charge in [-0.25, -0.2) is 0 Å². The maximum Gasteiger partial charge on any atom is 0.312 e. The standard InChI is InChI=1S/C12H12BrN3O4/c1-14-5-6-15(12(18)11(14)17)7-8-3-2-4-9(10(8)13)16(19)20/h2-4H,5-7H2,1H3. The van der Waals surface area contributed by atoms with E-state index >= 15 is 0 Å². The lowest BCUT2D eigenvalue weighted by Crippen LogP contribution is -2.52. The molecule has 1 saturated heterocycles. The van der Waals surface area contributed by atoms with Gasteiger partial charge in [-0.05, 0) is 21.5 Å². The van der Waals surface area contributed by atoms with Crippen molar-refractivity contribution in [3.8, 4) is 0 Å². The van der Waals surface area contributed by atoms with E-state index in [9.17, 15) is 19.7 Å². The van der Waals surface area contributed by atoms with Gasteiger partial charge in [-0.1, -0.05) is 12.1 Å². The van der Waals surface area contributed by atoms with Crippen LogP contribution in [0.2, 0.25) is 0 Å². The normalized spacial score (nSPS) is 15.7. The minimum atomic E-state index is -0.586. The molecule has 0 radical (unpaired) electrons. The number of hydrogen-bond donors (Lipinski definition) is 0. The van der Waals surface area contributed by atoms with Crippen molar-refractivity contribution in [1.29, 1.82) is 0 Å². The van der Waals surface area contributed by atoms with Crippen molar-refractivity contribution in [2.45, 2.75) is 6.54 Å². The molecule has 0 aliphatic carbocycles.